The third-order valence-corrected chi connectivity index (χ3v) is 17.9. The van der Waals surface area contributed by atoms with Crippen molar-refractivity contribution in [2.24, 2.45) is 0 Å². The molecule has 0 radical (unpaired) electrons. The van der Waals surface area contributed by atoms with Crippen LogP contribution >= 0.6 is 43.2 Å². The maximum Gasteiger partial charge on any atom is 0.291 e. The summed E-state index contributed by atoms with van der Waals surface area (Å²) < 4.78 is 0. The van der Waals surface area contributed by atoms with Crippen molar-refractivity contribution in [3.8, 4) is 0 Å². The number of piperazine rings is 2. The normalized spacial score (nSPS) is 45.2. The van der Waals surface area contributed by atoms with E-state index in [9.17, 15) is 29.4 Å². The van der Waals surface area contributed by atoms with E-state index in [0.29, 0.717) is 0 Å². The lowest BCUT2D eigenvalue weighted by atomic mass is 9.54. The van der Waals surface area contributed by atoms with Crippen molar-refractivity contribution in [2.75, 3.05) is 24.7 Å². The fraction of sp³-hybridized carbons (Fsp3) is 0.429. The summed E-state index contributed by atoms with van der Waals surface area (Å²) in [6, 6.07) is 15.5. The predicted octanol–water partition coefficient (Wildman–Crippen LogP) is 1.25. The number of nitrogens with zero attached hydrogens (tertiary/aromatic N) is 4. The molecule has 4 N–H and O–H groups in total. The SMILES string of the molecule is CN1C(=O)C23CC4(C56CC78SSC(O)(C(=O)N7C5Nc5ccccc56)N(C)C8=O)c5ccccc5NC4N2C(=O)C1(O)SS3. The molecule has 12 rings (SSSR count). The Labute approximate surface area is 266 Å². The van der Waals surface area contributed by atoms with Gasteiger partial charge in [0.1, 0.15) is 12.3 Å². The molecule has 0 saturated carbocycles. The van der Waals surface area contributed by atoms with Crippen molar-refractivity contribution in [3.05, 3.63) is 59.7 Å². The summed E-state index contributed by atoms with van der Waals surface area (Å²) in [5.41, 5.74) is 1.20. The molecule has 0 aromatic heterocycles. The highest BCUT2D eigenvalue weighted by Gasteiger charge is 2.87. The van der Waals surface area contributed by atoms with Gasteiger partial charge in [-0.25, -0.2) is 0 Å². The average Bonchev–Trinajstić information content (AvgIpc) is 3.70. The van der Waals surface area contributed by atoms with E-state index < -0.39 is 54.8 Å². The number of rotatable bonds is 1. The van der Waals surface area contributed by atoms with Gasteiger partial charge < -0.3 is 20.8 Å². The van der Waals surface area contributed by atoms with Crippen molar-refractivity contribution < 1.29 is 29.4 Å². The lowest BCUT2D eigenvalue weighted by Gasteiger charge is -2.56. The molecule has 10 aliphatic rings. The van der Waals surface area contributed by atoms with Gasteiger partial charge in [0.25, 0.3) is 33.7 Å². The standard InChI is InChI=1S/C28H24N6O6S4/c1-31-19(35)25-11-23(13-7-3-5-9-15(13)29-17(23)33(25)21(37)27(31,39)43-41-25)24-12-26-20(36)32(2)28(40,44-42-26)22(38)34(26)18(24)30-16-10-6-4-8-14(16)24/h3-10,17-18,29-30,39-40H,11-12H2,1-2H3. The summed E-state index contributed by atoms with van der Waals surface area (Å²) in [5, 5.41) is 26.1. The molecule has 8 saturated heterocycles. The zero-order valence-electron chi connectivity index (χ0n) is 23.1. The van der Waals surface area contributed by atoms with Gasteiger partial charge in [-0.2, -0.15) is 0 Å². The molecule has 10 aliphatic heterocycles. The van der Waals surface area contributed by atoms with Gasteiger partial charge in [0.15, 0.2) is 9.74 Å². The minimum absolute atomic E-state index is 0.175. The number of likely N-dealkylation sites (N-methyl/N-ethyl adjacent to an activating group) is 2. The summed E-state index contributed by atoms with van der Waals surface area (Å²) in [4.78, 5) is 59.8. The quantitative estimate of drug-likeness (QED) is 0.325. The molecule has 226 valence electrons. The third-order valence-electron chi connectivity index (χ3n) is 11.2. The largest absolute Gasteiger partial charge is 0.364 e. The Kier molecular flexibility index (Phi) is 4.48. The Morgan fingerprint density at radius 2 is 1.02 bits per heavy atom. The number of amides is 4. The highest BCUT2D eigenvalue weighted by molar-refractivity contribution is 8.78. The number of hydrogen-bond donors (Lipinski definition) is 4. The molecule has 12 nitrogen and oxygen atoms in total. The maximum absolute atomic E-state index is 14.3. The van der Waals surface area contributed by atoms with Gasteiger partial charge in [0.2, 0.25) is 0 Å². The van der Waals surface area contributed by atoms with E-state index in [2.05, 4.69) is 10.6 Å². The number of carbonyl (C=O) groups is 4. The number of aliphatic hydroxyl groups is 2. The summed E-state index contributed by atoms with van der Waals surface area (Å²) >= 11 is 0. The van der Waals surface area contributed by atoms with Crippen LogP contribution in [0, 0.1) is 0 Å². The molecule has 2 spiro atoms. The van der Waals surface area contributed by atoms with Crippen molar-refractivity contribution in [3.63, 3.8) is 0 Å². The fourth-order valence-electron chi connectivity index (χ4n) is 9.38. The Balaban J connectivity index is 1.31. The first-order valence-corrected chi connectivity index (χ1v) is 18.4. The first-order chi connectivity index (χ1) is 20.9. The summed E-state index contributed by atoms with van der Waals surface area (Å²) in [5.74, 6) is -1.90. The van der Waals surface area contributed by atoms with Gasteiger partial charge in [-0.1, -0.05) is 36.4 Å². The Bertz CT molecular complexity index is 1710. The summed E-state index contributed by atoms with van der Waals surface area (Å²) in [6.07, 6.45) is -1.24. The van der Waals surface area contributed by atoms with E-state index in [-0.39, 0.29) is 24.7 Å². The smallest absolute Gasteiger partial charge is 0.291 e. The monoisotopic (exact) mass is 668 g/mol. The zero-order valence-corrected chi connectivity index (χ0v) is 26.4. The molecule has 2 aromatic rings. The summed E-state index contributed by atoms with van der Waals surface area (Å²) in [6.45, 7) is 0. The minimum atomic E-state index is -2.08. The van der Waals surface area contributed by atoms with Crippen LogP contribution in [0.15, 0.2) is 48.5 Å². The second-order valence-corrected chi connectivity index (χ2v) is 17.8. The maximum atomic E-state index is 14.3. The average molecular weight is 669 g/mol. The fourth-order valence-corrected chi connectivity index (χ4v) is 16.0. The van der Waals surface area contributed by atoms with Crippen LogP contribution in [0.4, 0.5) is 11.4 Å². The first-order valence-electron chi connectivity index (χ1n) is 14.1. The van der Waals surface area contributed by atoms with Gasteiger partial charge in [-0.15, -0.1) is 0 Å². The van der Waals surface area contributed by atoms with Crippen molar-refractivity contribution >= 4 is 78.2 Å². The van der Waals surface area contributed by atoms with E-state index in [1.165, 1.54) is 35.7 Å². The Morgan fingerprint density at radius 3 is 1.43 bits per heavy atom. The van der Waals surface area contributed by atoms with Crippen molar-refractivity contribution in [1.29, 1.82) is 0 Å². The molecular weight excluding hydrogens is 645 g/mol. The first kappa shape index (κ1) is 26.5. The number of carbonyl (C=O) groups excluding carboxylic acids is 4. The lowest BCUT2D eigenvalue weighted by Crippen LogP contribution is -2.76. The summed E-state index contributed by atoms with van der Waals surface area (Å²) in [7, 11) is 7.27. The molecule has 2 aromatic carbocycles. The number of para-hydroxylation sites is 2. The highest BCUT2D eigenvalue weighted by Crippen LogP contribution is 2.78. The topological polar surface area (TPSA) is 146 Å². The predicted molar refractivity (Wildman–Crippen MR) is 165 cm³/mol. The number of hydrogen-bond acceptors (Lipinski definition) is 12. The molecule has 8 fully saturated rings. The molecule has 8 atom stereocenters. The minimum Gasteiger partial charge on any atom is -0.364 e. The van der Waals surface area contributed by atoms with E-state index in [4.69, 9.17) is 0 Å². The molecule has 4 amide bonds. The van der Waals surface area contributed by atoms with Crippen LogP contribution in [-0.4, -0.2) is 99.7 Å². The molecule has 8 unspecified atom stereocenters. The molecule has 44 heavy (non-hydrogen) atoms. The van der Waals surface area contributed by atoms with Crippen LogP contribution in [0.3, 0.4) is 0 Å². The molecule has 4 bridgehead atoms. The lowest BCUT2D eigenvalue weighted by molar-refractivity contribution is -0.182. The van der Waals surface area contributed by atoms with Gasteiger partial charge >= 0.3 is 0 Å². The highest BCUT2D eigenvalue weighted by atomic mass is 33.1. The number of benzene rings is 2. The van der Waals surface area contributed by atoms with Gasteiger partial charge in [-0.05, 0) is 66.4 Å². The number of anilines is 2. The van der Waals surface area contributed by atoms with Crippen molar-refractivity contribution in [1.82, 2.24) is 19.6 Å². The molecule has 10 heterocycles. The van der Waals surface area contributed by atoms with Crippen LogP contribution < -0.4 is 10.6 Å². The van der Waals surface area contributed by atoms with E-state index >= 15 is 0 Å². The van der Waals surface area contributed by atoms with Gasteiger partial charge in [0, 0.05) is 38.3 Å². The molecular formula is C28H24N6O6S4. The van der Waals surface area contributed by atoms with Crippen LogP contribution in [0.1, 0.15) is 24.0 Å². The van der Waals surface area contributed by atoms with Gasteiger partial charge in [0.05, 0.1) is 10.8 Å². The van der Waals surface area contributed by atoms with E-state index in [1.807, 2.05) is 48.5 Å². The molecule has 16 heteroatoms. The van der Waals surface area contributed by atoms with E-state index in [1.54, 1.807) is 9.80 Å². The second kappa shape index (κ2) is 7.44. The van der Waals surface area contributed by atoms with Crippen LogP contribution in [0.5, 0.6) is 0 Å². The third kappa shape index (κ3) is 2.29. The van der Waals surface area contributed by atoms with E-state index in [0.717, 1.165) is 53.9 Å². The van der Waals surface area contributed by atoms with Crippen LogP contribution in [0.25, 0.3) is 0 Å². The second-order valence-electron chi connectivity index (χ2n) is 12.7. The Morgan fingerprint density at radius 1 is 0.636 bits per heavy atom. The number of fused-ring (bicyclic) bond motifs is 11. The number of nitrogens with one attached hydrogen (secondary N) is 2. The van der Waals surface area contributed by atoms with Gasteiger partial charge in [-0.3, -0.25) is 38.8 Å². The molecule has 0 aliphatic carbocycles. The van der Waals surface area contributed by atoms with Crippen molar-refractivity contribution in [2.45, 2.75) is 55.9 Å². The Hall–Kier alpha value is -2.76. The van der Waals surface area contributed by atoms with Crippen LogP contribution in [-0.2, 0) is 30.0 Å². The van der Waals surface area contributed by atoms with Crippen LogP contribution in [0.2, 0.25) is 0 Å². The zero-order chi connectivity index (χ0) is 30.4.